The molecular weight excluding hydrogens is 174 g/mol. The molecule has 0 N–H and O–H groups in total. The van der Waals surface area contributed by atoms with Crippen molar-refractivity contribution in [2.75, 3.05) is 6.17 Å². The molecule has 1 aliphatic heterocycles. The van der Waals surface area contributed by atoms with Crippen LogP contribution in [0, 0.1) is 0 Å². The Kier molecular flexibility index (Phi) is 3.58. The maximum absolute atomic E-state index is 2.75. The van der Waals surface area contributed by atoms with E-state index in [4.69, 9.17) is 0 Å². The molecular formula is C11H25NSi. The molecule has 1 nitrogen and oxygen atoms in total. The van der Waals surface area contributed by atoms with E-state index in [9.17, 15) is 0 Å². The van der Waals surface area contributed by atoms with Crippen LogP contribution in [0.15, 0.2) is 0 Å². The predicted octanol–water partition coefficient (Wildman–Crippen LogP) is 3.13. The number of rotatable bonds is 2. The Labute approximate surface area is 84.5 Å². The van der Waals surface area contributed by atoms with Crippen molar-refractivity contribution < 1.29 is 0 Å². The van der Waals surface area contributed by atoms with E-state index in [0.29, 0.717) is 0 Å². The molecule has 0 aliphatic carbocycles. The van der Waals surface area contributed by atoms with E-state index in [0.717, 1.165) is 12.1 Å². The highest BCUT2D eigenvalue weighted by atomic mass is 28.3. The van der Waals surface area contributed by atoms with Gasteiger partial charge >= 0.3 is 0 Å². The predicted molar refractivity (Wildman–Crippen MR) is 62.8 cm³/mol. The van der Waals surface area contributed by atoms with Gasteiger partial charge in [-0.15, -0.1) is 0 Å². The van der Waals surface area contributed by atoms with E-state index in [2.05, 4.69) is 38.4 Å². The fraction of sp³-hybridized carbons (Fsp3) is 1.00. The number of nitrogens with zero attached hydrogens (tertiary/aromatic N) is 1. The Balaban J connectivity index is 2.54. The molecule has 2 atom stereocenters. The van der Waals surface area contributed by atoms with Crippen molar-refractivity contribution in [1.29, 1.82) is 0 Å². The lowest BCUT2D eigenvalue weighted by molar-refractivity contribution is 0.124. The lowest BCUT2D eigenvalue weighted by atomic mass is 9.99. The van der Waals surface area contributed by atoms with Gasteiger partial charge in [0.15, 0.2) is 0 Å². The van der Waals surface area contributed by atoms with Gasteiger partial charge < -0.3 is 4.90 Å². The van der Waals surface area contributed by atoms with E-state index < -0.39 is 8.07 Å². The molecule has 0 spiro atoms. The van der Waals surface area contributed by atoms with Gasteiger partial charge in [0.05, 0.1) is 8.07 Å². The van der Waals surface area contributed by atoms with Crippen molar-refractivity contribution in [3.63, 3.8) is 0 Å². The van der Waals surface area contributed by atoms with Gasteiger partial charge in [-0.1, -0.05) is 26.1 Å². The standard InChI is InChI=1S/C11H25NSi/c1-10-7-6-8-11(2)12(10)9-13(3,4)5/h10-11H,6-9H2,1-5H3/t10-,11+. The third kappa shape index (κ3) is 3.43. The summed E-state index contributed by atoms with van der Waals surface area (Å²) in [6.45, 7) is 12.2. The Morgan fingerprint density at radius 1 is 1.08 bits per heavy atom. The van der Waals surface area contributed by atoms with Gasteiger partial charge in [-0.2, -0.15) is 0 Å². The molecule has 2 heteroatoms. The minimum absolute atomic E-state index is 0.829. The zero-order valence-corrected chi connectivity index (χ0v) is 10.9. The lowest BCUT2D eigenvalue weighted by Gasteiger charge is -2.42. The van der Waals surface area contributed by atoms with Gasteiger partial charge in [0, 0.05) is 12.1 Å². The fourth-order valence-electron chi connectivity index (χ4n) is 2.33. The average Bonchev–Trinajstić information content (AvgIpc) is 1.95. The summed E-state index contributed by atoms with van der Waals surface area (Å²) in [6.07, 6.45) is 5.64. The number of piperidine rings is 1. The van der Waals surface area contributed by atoms with Crippen molar-refractivity contribution in [2.45, 2.75) is 64.8 Å². The van der Waals surface area contributed by atoms with Gasteiger partial charge in [0.25, 0.3) is 0 Å². The first-order valence-electron chi connectivity index (χ1n) is 5.66. The molecule has 13 heavy (non-hydrogen) atoms. The summed E-state index contributed by atoms with van der Waals surface area (Å²) >= 11 is 0. The van der Waals surface area contributed by atoms with Crippen LogP contribution in [0.4, 0.5) is 0 Å². The molecule has 0 saturated carbocycles. The van der Waals surface area contributed by atoms with Crippen LogP contribution in [-0.4, -0.2) is 31.2 Å². The minimum atomic E-state index is -0.902. The maximum Gasteiger partial charge on any atom is 0.0599 e. The van der Waals surface area contributed by atoms with E-state index in [1.807, 2.05) is 0 Å². The number of likely N-dealkylation sites (tertiary alicyclic amines) is 1. The summed E-state index contributed by atoms with van der Waals surface area (Å²) in [5, 5.41) is 0. The van der Waals surface area contributed by atoms with Crippen molar-refractivity contribution in [3.8, 4) is 0 Å². The molecule has 0 aromatic rings. The monoisotopic (exact) mass is 199 g/mol. The molecule has 0 amide bonds. The highest BCUT2D eigenvalue weighted by Crippen LogP contribution is 2.23. The first-order valence-corrected chi connectivity index (χ1v) is 9.36. The van der Waals surface area contributed by atoms with Gasteiger partial charge in [-0.05, 0) is 32.9 Å². The summed E-state index contributed by atoms with van der Waals surface area (Å²) < 4.78 is 0. The Bertz CT molecular complexity index is 152. The lowest BCUT2D eigenvalue weighted by Crippen LogP contribution is -2.50. The zero-order chi connectivity index (χ0) is 10.1. The molecule has 1 aliphatic rings. The van der Waals surface area contributed by atoms with E-state index >= 15 is 0 Å². The summed E-state index contributed by atoms with van der Waals surface area (Å²) in [5.74, 6) is 0. The van der Waals surface area contributed by atoms with E-state index in [-0.39, 0.29) is 0 Å². The summed E-state index contributed by atoms with van der Waals surface area (Å²) in [5.41, 5.74) is 0. The second-order valence-electron chi connectivity index (χ2n) is 5.86. The van der Waals surface area contributed by atoms with Crippen LogP contribution in [0.25, 0.3) is 0 Å². The summed E-state index contributed by atoms with van der Waals surface area (Å²) in [6, 6.07) is 1.66. The van der Waals surface area contributed by atoms with Crippen LogP contribution in [-0.2, 0) is 0 Å². The van der Waals surface area contributed by atoms with Gasteiger partial charge in [0.1, 0.15) is 0 Å². The maximum atomic E-state index is 2.75. The van der Waals surface area contributed by atoms with Gasteiger partial charge in [0.2, 0.25) is 0 Å². The molecule has 1 rings (SSSR count). The highest BCUT2D eigenvalue weighted by Gasteiger charge is 2.28. The van der Waals surface area contributed by atoms with Crippen LogP contribution in [0.3, 0.4) is 0 Å². The summed E-state index contributed by atoms with van der Waals surface area (Å²) in [7, 11) is -0.902. The van der Waals surface area contributed by atoms with Gasteiger partial charge in [-0.3, -0.25) is 0 Å². The molecule has 0 aromatic heterocycles. The Morgan fingerprint density at radius 2 is 1.54 bits per heavy atom. The topological polar surface area (TPSA) is 3.24 Å². The molecule has 0 unspecified atom stereocenters. The fourth-order valence-corrected chi connectivity index (χ4v) is 4.05. The third-order valence-electron chi connectivity index (χ3n) is 3.03. The molecule has 1 heterocycles. The molecule has 1 saturated heterocycles. The van der Waals surface area contributed by atoms with Gasteiger partial charge in [-0.25, -0.2) is 0 Å². The van der Waals surface area contributed by atoms with Crippen LogP contribution in [0.1, 0.15) is 33.1 Å². The van der Waals surface area contributed by atoms with Crippen molar-refractivity contribution >= 4 is 8.07 Å². The average molecular weight is 199 g/mol. The normalized spacial score (nSPS) is 32.1. The molecule has 0 radical (unpaired) electrons. The molecule has 0 bridgehead atoms. The Hall–Kier alpha value is 0.177. The van der Waals surface area contributed by atoms with Crippen molar-refractivity contribution in [1.82, 2.24) is 4.90 Å². The highest BCUT2D eigenvalue weighted by molar-refractivity contribution is 6.76. The second kappa shape index (κ2) is 4.14. The largest absolute Gasteiger partial charge is 0.301 e. The van der Waals surface area contributed by atoms with Crippen LogP contribution >= 0.6 is 0 Å². The van der Waals surface area contributed by atoms with Crippen LogP contribution < -0.4 is 0 Å². The smallest absolute Gasteiger partial charge is 0.0599 e. The minimum Gasteiger partial charge on any atom is -0.301 e. The molecule has 0 aromatic carbocycles. The number of hydrogen-bond acceptors (Lipinski definition) is 1. The summed E-state index contributed by atoms with van der Waals surface area (Å²) in [4.78, 5) is 2.75. The molecule has 78 valence electrons. The van der Waals surface area contributed by atoms with E-state index in [1.165, 1.54) is 25.4 Å². The van der Waals surface area contributed by atoms with E-state index in [1.54, 1.807) is 0 Å². The van der Waals surface area contributed by atoms with Crippen molar-refractivity contribution in [2.24, 2.45) is 0 Å². The molecule has 1 fully saturated rings. The zero-order valence-electron chi connectivity index (χ0n) is 9.93. The first kappa shape index (κ1) is 11.3. The van der Waals surface area contributed by atoms with Crippen molar-refractivity contribution in [3.05, 3.63) is 0 Å². The number of hydrogen-bond donors (Lipinski definition) is 0. The quantitative estimate of drug-likeness (QED) is 0.618. The van der Waals surface area contributed by atoms with Crippen LogP contribution in [0.5, 0.6) is 0 Å². The SMILES string of the molecule is C[C@@H]1CCC[C@H](C)N1C[Si](C)(C)C. The first-order chi connectivity index (χ1) is 5.90. The van der Waals surface area contributed by atoms with Crippen LogP contribution in [0.2, 0.25) is 19.6 Å². The second-order valence-corrected chi connectivity index (χ2v) is 11.3. The Morgan fingerprint density at radius 3 is 1.92 bits per heavy atom. The third-order valence-corrected chi connectivity index (χ3v) is 4.35.